The van der Waals surface area contributed by atoms with E-state index in [2.05, 4.69) is 25.3 Å². The zero-order chi connectivity index (χ0) is 26.4. The van der Waals surface area contributed by atoms with Gasteiger partial charge in [0.2, 0.25) is 0 Å². The Morgan fingerprint density at radius 1 is 1.03 bits per heavy atom. The van der Waals surface area contributed by atoms with Gasteiger partial charge in [0, 0.05) is 29.6 Å². The van der Waals surface area contributed by atoms with E-state index in [4.69, 9.17) is 11.6 Å². The van der Waals surface area contributed by atoms with Crippen molar-refractivity contribution in [1.82, 2.24) is 19.9 Å². The standard InChI is InChI=1S/C23H18ClF5N5OP/c1-11-17(24)20(34-21(23(27,28)29)13-6-4-5-7-14(13)25)19-16(32-11)8-15(26)18(33-19)12-9-30-22(31-10-12)36(2,3)35/h4-10,21H,1-3H3,(H,32,34)/t21-/m0/s1. The summed E-state index contributed by atoms with van der Waals surface area (Å²) >= 11 is 6.33. The molecule has 0 unspecified atom stereocenters. The first-order valence-corrected chi connectivity index (χ1v) is 13.4. The molecule has 4 aromatic rings. The highest BCUT2D eigenvalue weighted by Crippen LogP contribution is 2.41. The summed E-state index contributed by atoms with van der Waals surface area (Å²) in [4.78, 5) is 16.3. The molecular formula is C23H18ClF5N5OP. The number of hydrogen-bond donors (Lipinski definition) is 1. The summed E-state index contributed by atoms with van der Waals surface area (Å²) in [6.07, 6.45) is -2.49. The highest BCUT2D eigenvalue weighted by Gasteiger charge is 2.43. The number of nitrogens with one attached hydrogen (secondary N) is 1. The van der Waals surface area contributed by atoms with Crippen LogP contribution in [-0.2, 0) is 4.57 Å². The van der Waals surface area contributed by atoms with Gasteiger partial charge in [-0.25, -0.2) is 28.7 Å². The van der Waals surface area contributed by atoms with Crippen molar-refractivity contribution in [3.8, 4) is 11.3 Å². The fourth-order valence-electron chi connectivity index (χ4n) is 3.51. The molecule has 188 valence electrons. The second kappa shape index (κ2) is 9.37. The van der Waals surface area contributed by atoms with Crippen molar-refractivity contribution in [3.63, 3.8) is 0 Å². The zero-order valence-electron chi connectivity index (χ0n) is 19.0. The molecule has 4 rings (SSSR count). The molecule has 0 amide bonds. The maximum Gasteiger partial charge on any atom is 0.412 e. The number of pyridine rings is 2. The fraction of sp³-hybridized carbons (Fsp3) is 0.217. The third-order valence-electron chi connectivity index (χ3n) is 5.24. The van der Waals surface area contributed by atoms with Gasteiger partial charge in [0.1, 0.15) is 24.2 Å². The van der Waals surface area contributed by atoms with Crippen LogP contribution in [0.15, 0.2) is 42.7 Å². The van der Waals surface area contributed by atoms with E-state index < -0.39 is 36.6 Å². The third kappa shape index (κ3) is 5.03. The summed E-state index contributed by atoms with van der Waals surface area (Å²) in [7, 11) is -2.78. The minimum absolute atomic E-state index is 0.0701. The van der Waals surface area contributed by atoms with Gasteiger partial charge in [-0.2, -0.15) is 13.2 Å². The van der Waals surface area contributed by atoms with Crippen molar-refractivity contribution < 1.29 is 26.5 Å². The van der Waals surface area contributed by atoms with Gasteiger partial charge in [-0.15, -0.1) is 0 Å². The van der Waals surface area contributed by atoms with Gasteiger partial charge in [-0.1, -0.05) is 29.8 Å². The van der Waals surface area contributed by atoms with Crippen LogP contribution in [0.5, 0.6) is 0 Å². The number of fused-ring (bicyclic) bond motifs is 1. The van der Waals surface area contributed by atoms with Crippen LogP contribution in [0.2, 0.25) is 5.02 Å². The maximum atomic E-state index is 15.0. The molecule has 1 N–H and O–H groups in total. The third-order valence-corrected chi connectivity index (χ3v) is 6.90. The highest BCUT2D eigenvalue weighted by atomic mass is 35.5. The Hall–Kier alpha value is -3.17. The average molecular weight is 542 g/mol. The van der Waals surface area contributed by atoms with Crippen LogP contribution in [0.25, 0.3) is 22.3 Å². The number of aromatic nitrogens is 4. The highest BCUT2D eigenvalue weighted by molar-refractivity contribution is 7.69. The summed E-state index contributed by atoms with van der Waals surface area (Å²) < 4.78 is 83.6. The van der Waals surface area contributed by atoms with Crippen molar-refractivity contribution in [2.75, 3.05) is 18.6 Å². The van der Waals surface area contributed by atoms with Crippen molar-refractivity contribution in [2.45, 2.75) is 19.1 Å². The molecule has 1 aromatic carbocycles. The van der Waals surface area contributed by atoms with E-state index >= 15 is 0 Å². The van der Waals surface area contributed by atoms with Crippen LogP contribution in [-0.4, -0.2) is 39.4 Å². The normalized spacial score (nSPS) is 13.1. The quantitative estimate of drug-likeness (QED) is 0.236. The average Bonchev–Trinajstić information content (AvgIpc) is 2.79. The van der Waals surface area contributed by atoms with Crippen molar-refractivity contribution >= 4 is 41.0 Å². The molecule has 0 bridgehead atoms. The predicted molar refractivity (Wildman–Crippen MR) is 128 cm³/mol. The molecule has 13 heteroatoms. The summed E-state index contributed by atoms with van der Waals surface area (Å²) in [6.45, 7) is 4.37. The molecule has 0 radical (unpaired) electrons. The lowest BCUT2D eigenvalue weighted by molar-refractivity contribution is -0.144. The number of hydrogen-bond acceptors (Lipinski definition) is 6. The molecule has 0 saturated carbocycles. The number of halogens is 6. The minimum atomic E-state index is -4.92. The van der Waals surface area contributed by atoms with E-state index in [0.717, 1.165) is 18.2 Å². The van der Waals surface area contributed by atoms with Gasteiger partial charge in [-0.05, 0) is 26.3 Å². The van der Waals surface area contributed by atoms with Crippen LogP contribution < -0.4 is 10.9 Å². The van der Waals surface area contributed by atoms with E-state index in [9.17, 15) is 26.5 Å². The molecule has 0 aliphatic rings. The smallest absolute Gasteiger partial charge is 0.367 e. The number of rotatable bonds is 5. The molecule has 1 atom stereocenters. The summed E-state index contributed by atoms with van der Waals surface area (Å²) in [5.41, 5.74) is -1.19. The van der Waals surface area contributed by atoms with E-state index in [1.165, 1.54) is 44.8 Å². The van der Waals surface area contributed by atoms with Gasteiger partial charge in [0.15, 0.2) is 17.4 Å². The van der Waals surface area contributed by atoms with E-state index in [1.54, 1.807) is 0 Å². The molecule has 36 heavy (non-hydrogen) atoms. The molecule has 0 fully saturated rings. The molecule has 6 nitrogen and oxygen atoms in total. The van der Waals surface area contributed by atoms with Gasteiger partial charge in [0.05, 0.1) is 21.9 Å². The Kier molecular flexibility index (Phi) is 6.74. The summed E-state index contributed by atoms with van der Waals surface area (Å²) in [5.74, 6) is -1.91. The van der Waals surface area contributed by atoms with Crippen molar-refractivity contribution in [2.24, 2.45) is 0 Å². The Labute approximate surface area is 207 Å². The number of benzene rings is 1. The second-order valence-electron chi connectivity index (χ2n) is 8.34. The predicted octanol–water partition coefficient (Wildman–Crippen LogP) is 6.29. The first kappa shape index (κ1) is 25.9. The minimum Gasteiger partial charge on any atom is -0.367 e. The lowest BCUT2D eigenvalue weighted by atomic mass is 10.0. The van der Waals surface area contributed by atoms with E-state index in [1.807, 2.05) is 0 Å². The maximum absolute atomic E-state index is 15.0. The lowest BCUT2D eigenvalue weighted by Crippen LogP contribution is -2.29. The molecule has 3 heterocycles. The SMILES string of the molecule is Cc1nc2cc(F)c(-c3cnc(P(C)(C)=O)nc3)nc2c(N[C@@H](c2ccccc2F)C(F)(F)F)c1Cl. The van der Waals surface area contributed by atoms with Crippen LogP contribution >= 0.6 is 18.7 Å². The largest absolute Gasteiger partial charge is 0.412 e. The lowest BCUT2D eigenvalue weighted by Gasteiger charge is -2.25. The first-order chi connectivity index (χ1) is 16.8. The molecule has 0 aliphatic carbocycles. The number of aryl methyl sites for hydroxylation is 1. The van der Waals surface area contributed by atoms with E-state index in [0.29, 0.717) is 0 Å². The molecular weight excluding hydrogens is 524 g/mol. The van der Waals surface area contributed by atoms with Crippen LogP contribution in [0.3, 0.4) is 0 Å². The molecule has 0 spiro atoms. The summed E-state index contributed by atoms with van der Waals surface area (Å²) in [6, 6.07) is 2.97. The Balaban J connectivity index is 1.90. The Morgan fingerprint density at radius 3 is 2.25 bits per heavy atom. The van der Waals surface area contributed by atoms with Gasteiger partial charge in [0.25, 0.3) is 0 Å². The number of anilines is 1. The fourth-order valence-corrected chi connectivity index (χ4v) is 4.37. The molecule has 0 saturated heterocycles. The van der Waals surface area contributed by atoms with Crippen LogP contribution in [0, 0.1) is 18.6 Å². The van der Waals surface area contributed by atoms with Gasteiger partial charge < -0.3 is 9.88 Å². The van der Waals surface area contributed by atoms with E-state index in [-0.39, 0.29) is 44.3 Å². The summed E-state index contributed by atoms with van der Waals surface area (Å²) in [5, 5.41) is 2.07. The van der Waals surface area contributed by atoms with Crippen molar-refractivity contribution in [1.29, 1.82) is 0 Å². The number of alkyl halides is 3. The Morgan fingerprint density at radius 2 is 1.67 bits per heavy atom. The number of nitrogens with zero attached hydrogens (tertiary/aromatic N) is 4. The van der Waals surface area contributed by atoms with Crippen LogP contribution in [0.4, 0.5) is 27.6 Å². The van der Waals surface area contributed by atoms with Gasteiger partial charge >= 0.3 is 6.18 Å². The Bertz CT molecular complexity index is 1510. The topological polar surface area (TPSA) is 80.7 Å². The van der Waals surface area contributed by atoms with Crippen LogP contribution in [0.1, 0.15) is 17.3 Å². The molecule has 3 aromatic heterocycles. The zero-order valence-corrected chi connectivity index (χ0v) is 20.7. The van der Waals surface area contributed by atoms with Crippen molar-refractivity contribution in [3.05, 3.63) is 70.6 Å². The first-order valence-electron chi connectivity index (χ1n) is 10.4. The monoisotopic (exact) mass is 541 g/mol. The second-order valence-corrected chi connectivity index (χ2v) is 11.8. The van der Waals surface area contributed by atoms with Gasteiger partial charge in [-0.3, -0.25) is 0 Å². The molecule has 0 aliphatic heterocycles.